The van der Waals surface area contributed by atoms with Gasteiger partial charge in [0, 0.05) is 0 Å². The van der Waals surface area contributed by atoms with Crippen molar-refractivity contribution >= 4 is 17.1 Å². The molecule has 0 radical (unpaired) electrons. The summed E-state index contributed by atoms with van der Waals surface area (Å²) < 4.78 is 20.5. The van der Waals surface area contributed by atoms with Crippen LogP contribution in [0.4, 0.5) is 7.77 Å². The summed E-state index contributed by atoms with van der Waals surface area (Å²) in [7, 11) is 0. The van der Waals surface area contributed by atoms with Crippen LogP contribution >= 0.6 is 11.3 Å². The Morgan fingerprint density at radius 1 is 1.50 bits per heavy atom. The van der Waals surface area contributed by atoms with E-state index in [1.165, 1.54) is 0 Å². The van der Waals surface area contributed by atoms with E-state index in [9.17, 15) is 7.77 Å². The van der Waals surface area contributed by atoms with Crippen molar-refractivity contribution < 1.29 is 7.77 Å². The Balaban J connectivity index is 2.80. The molecule has 0 bridgehead atoms. The molecule has 0 nitrogen and oxygen atoms in total. The maximum atomic E-state index is 10.2. The normalized spacial score (nSPS) is 8.75. The molecule has 0 aliphatic carbocycles. The lowest BCUT2D eigenvalue weighted by Gasteiger charge is -1.56. The minimum atomic E-state index is -2.61. The second-order valence-corrected chi connectivity index (χ2v) is 0.830. The van der Waals surface area contributed by atoms with Crippen LogP contribution in [0.1, 0.15) is 0 Å². The molecule has 0 saturated carbocycles. The van der Waals surface area contributed by atoms with E-state index in [0.717, 1.165) is 0 Å². The van der Waals surface area contributed by atoms with Crippen LogP contribution in [0.25, 0.3) is 0 Å². The Morgan fingerprint density at radius 2 is 1.50 bits per heavy atom. The van der Waals surface area contributed by atoms with Crippen molar-refractivity contribution in [2.24, 2.45) is 0 Å². The zero-order chi connectivity index (χ0) is 3.58. The van der Waals surface area contributed by atoms with Crippen LogP contribution in [-0.2, 0) is 0 Å². The first-order valence-electron chi connectivity index (χ1n) is 0.597. The van der Waals surface area contributed by atoms with Gasteiger partial charge >= 0.3 is 0 Å². The van der Waals surface area contributed by atoms with Crippen LogP contribution in [-0.4, -0.2) is 5.87 Å². The van der Waals surface area contributed by atoms with Crippen LogP contribution in [0, 0.1) is 0 Å². The van der Waals surface area contributed by atoms with Gasteiger partial charge in [-0.05, 0) is 5.87 Å². The van der Waals surface area contributed by atoms with Crippen LogP contribution in [0.15, 0.2) is 0 Å². The molecule has 0 unspecified atom stereocenters. The van der Waals surface area contributed by atoms with E-state index in [-0.39, 0.29) is 0 Å². The summed E-state index contributed by atoms with van der Waals surface area (Å²) in [5, 5.41) is 0. The quantitative estimate of drug-likeness (QED) is 0.390. The predicted octanol–water partition coefficient (Wildman–Crippen LogP) is 1.46. The van der Waals surface area contributed by atoms with Crippen molar-refractivity contribution in [3.05, 3.63) is 0 Å². The highest BCUT2D eigenvalue weighted by Crippen LogP contribution is 2.07. The van der Waals surface area contributed by atoms with Gasteiger partial charge in [-0.15, -0.1) is 7.77 Å². The van der Waals surface area contributed by atoms with E-state index in [2.05, 4.69) is 5.87 Å². The lowest BCUT2D eigenvalue weighted by Crippen LogP contribution is -1.17. The van der Waals surface area contributed by atoms with E-state index in [1.54, 1.807) is 0 Å². The molecule has 0 rings (SSSR count). The summed E-state index contributed by atoms with van der Waals surface area (Å²) in [6, 6.07) is 0. The maximum absolute atomic E-state index is 10.2. The highest BCUT2D eigenvalue weighted by molar-refractivity contribution is 8.04. The first-order chi connectivity index (χ1) is 1.73. The van der Waals surface area contributed by atoms with Gasteiger partial charge < -0.3 is 0 Å². The van der Waals surface area contributed by atoms with Gasteiger partial charge in [0.15, 0.2) is 11.3 Å². The van der Waals surface area contributed by atoms with Crippen LogP contribution in [0.5, 0.6) is 0 Å². The molecule has 0 spiro atoms. The van der Waals surface area contributed by atoms with Crippen molar-refractivity contribution in [2.75, 3.05) is 0 Å². The number of rotatable bonds is 0. The van der Waals surface area contributed by atoms with E-state index >= 15 is 0 Å². The largest absolute Gasteiger partial charge is 0.160 e. The number of hydrogen-bond donors (Lipinski definition) is 0. The van der Waals surface area contributed by atoms with Gasteiger partial charge in [-0.3, -0.25) is 0 Å². The second kappa shape index (κ2) is 1.40. The highest BCUT2D eigenvalue weighted by atomic mass is 32.2. The van der Waals surface area contributed by atoms with Gasteiger partial charge in [0.25, 0.3) is 0 Å². The minimum absolute atomic E-state index is 2.33. The Bertz CT molecular complexity index is 29.0. The molecule has 0 aromatic rings. The van der Waals surface area contributed by atoms with Crippen LogP contribution in [0.3, 0.4) is 0 Å². The first kappa shape index (κ1) is 4.08. The number of halogens is 2. The molecular weight excluding hydrogens is 82.1 g/mol. The molecule has 0 heterocycles. The predicted molar refractivity (Wildman–Crippen MR) is 16.9 cm³/mol. The van der Waals surface area contributed by atoms with Crippen molar-refractivity contribution in [3.63, 3.8) is 0 Å². The number of hydrogen-bond acceptors (Lipinski definition) is 0. The second-order valence-electron chi connectivity index (χ2n) is 0.277. The fraction of sp³-hybridized carbons (Fsp3) is 0. The Kier molecular flexibility index (Phi) is 1.43. The van der Waals surface area contributed by atoms with E-state index in [1.807, 2.05) is 0 Å². The van der Waals surface area contributed by atoms with E-state index < -0.39 is 11.3 Å². The topological polar surface area (TPSA) is 0 Å². The third-order valence-corrected chi connectivity index (χ3v) is 0. The standard InChI is InChI=1S/CH2F2S/c1-4(2)3/h1H2. The molecule has 0 aromatic heterocycles. The smallest absolute Gasteiger partial charge is 0.140 e. The SMILES string of the molecule is C=S(F)F. The molecule has 3 heteroatoms. The molecule has 26 valence electrons. The van der Waals surface area contributed by atoms with Crippen molar-refractivity contribution in [1.29, 1.82) is 0 Å². The third kappa shape index (κ3) is 379. The van der Waals surface area contributed by atoms with Gasteiger partial charge in [-0.25, -0.2) is 0 Å². The van der Waals surface area contributed by atoms with Crippen LogP contribution < -0.4 is 0 Å². The zero-order valence-corrected chi connectivity index (χ0v) is 2.69. The van der Waals surface area contributed by atoms with Gasteiger partial charge in [-0.1, -0.05) is 0 Å². The monoisotopic (exact) mass is 84.0 g/mol. The minimum Gasteiger partial charge on any atom is -0.140 e. The lowest BCUT2D eigenvalue weighted by molar-refractivity contribution is 0.809. The Hall–Kier alpha value is 0.0800. The molecule has 0 fully saturated rings. The van der Waals surface area contributed by atoms with Gasteiger partial charge in [0.05, 0.1) is 0 Å². The summed E-state index contributed by atoms with van der Waals surface area (Å²) in [6.07, 6.45) is 0. The first-order valence-corrected chi connectivity index (χ1v) is 1.79. The Morgan fingerprint density at radius 3 is 1.50 bits per heavy atom. The van der Waals surface area contributed by atoms with Crippen LogP contribution in [0.2, 0.25) is 0 Å². The van der Waals surface area contributed by atoms with E-state index in [0.29, 0.717) is 0 Å². The molecule has 4 heavy (non-hydrogen) atoms. The maximum Gasteiger partial charge on any atom is 0.160 e. The summed E-state index contributed by atoms with van der Waals surface area (Å²) in [5.74, 6) is 2.33. The van der Waals surface area contributed by atoms with Gasteiger partial charge in [0.2, 0.25) is 0 Å². The molecule has 0 amide bonds. The molecule has 0 atom stereocenters. The summed E-state index contributed by atoms with van der Waals surface area (Å²) in [6.45, 7) is 0. The summed E-state index contributed by atoms with van der Waals surface area (Å²) >= 11 is -2.61. The third-order valence-electron chi connectivity index (χ3n) is 0. The summed E-state index contributed by atoms with van der Waals surface area (Å²) in [4.78, 5) is 0. The van der Waals surface area contributed by atoms with Crippen molar-refractivity contribution in [1.82, 2.24) is 0 Å². The lowest BCUT2D eigenvalue weighted by atomic mass is 12.0. The average molecular weight is 84.1 g/mol. The Labute approximate surface area is 26.0 Å². The molecule has 0 aliphatic rings. The van der Waals surface area contributed by atoms with Crippen molar-refractivity contribution in [2.45, 2.75) is 0 Å². The van der Waals surface area contributed by atoms with Gasteiger partial charge in [-0.2, -0.15) is 0 Å². The molecule has 0 N–H and O–H groups in total. The summed E-state index contributed by atoms with van der Waals surface area (Å²) in [5.41, 5.74) is 0. The average Bonchev–Trinajstić information content (AvgIpc) is 0.811. The van der Waals surface area contributed by atoms with E-state index in [4.69, 9.17) is 0 Å². The van der Waals surface area contributed by atoms with Crippen molar-refractivity contribution in [3.8, 4) is 0 Å². The highest BCUT2D eigenvalue weighted by Gasteiger charge is 1.61. The zero-order valence-electron chi connectivity index (χ0n) is 1.87. The molecule has 0 aliphatic heterocycles. The molecular formula is CH2F2S. The fourth-order valence-corrected chi connectivity index (χ4v) is 0. The van der Waals surface area contributed by atoms with Gasteiger partial charge in [0.1, 0.15) is 0 Å². The molecule has 0 saturated heterocycles. The molecule has 0 aromatic carbocycles. The fourth-order valence-electron chi connectivity index (χ4n) is 0.